The van der Waals surface area contributed by atoms with Gasteiger partial charge in [0.05, 0.1) is 18.1 Å². The maximum Gasteiger partial charge on any atom is 0.335 e. The van der Waals surface area contributed by atoms with E-state index in [1.54, 1.807) is 12.1 Å². The summed E-state index contributed by atoms with van der Waals surface area (Å²) in [6.07, 6.45) is 5.21. The molecule has 138 valence electrons. The zero-order chi connectivity index (χ0) is 18.1. The fourth-order valence-corrected chi connectivity index (χ4v) is 6.53. The second kappa shape index (κ2) is 5.26. The summed E-state index contributed by atoms with van der Waals surface area (Å²) < 4.78 is 5.19. The first kappa shape index (κ1) is 16.2. The Morgan fingerprint density at radius 3 is 3.00 bits per heavy atom. The number of carbonyl (C=O) groups is 1. The SMILES string of the molecule is CCC12CCCN3CCC4(C(=C(C(=O)OC)C1)Nc1cc(O)ccc14)C32. The van der Waals surface area contributed by atoms with Gasteiger partial charge < -0.3 is 15.2 Å². The fraction of sp³-hybridized carbons (Fsp3) is 0.571. The van der Waals surface area contributed by atoms with Gasteiger partial charge in [-0.3, -0.25) is 4.90 Å². The second-order valence-corrected chi connectivity index (χ2v) is 8.36. The molecule has 1 spiro atoms. The lowest BCUT2D eigenvalue weighted by atomic mass is 9.53. The van der Waals surface area contributed by atoms with Gasteiger partial charge in [0.1, 0.15) is 5.75 Å². The van der Waals surface area contributed by atoms with Crippen LogP contribution in [0, 0.1) is 5.41 Å². The van der Waals surface area contributed by atoms with Gasteiger partial charge in [-0.25, -0.2) is 4.79 Å². The van der Waals surface area contributed by atoms with Crippen molar-refractivity contribution in [2.45, 2.75) is 50.5 Å². The molecule has 5 nitrogen and oxygen atoms in total. The Morgan fingerprint density at radius 1 is 1.38 bits per heavy atom. The summed E-state index contributed by atoms with van der Waals surface area (Å²) in [6.45, 7) is 4.48. The number of rotatable bonds is 2. The van der Waals surface area contributed by atoms with E-state index in [0.717, 1.165) is 55.7 Å². The standard InChI is InChI=1S/C21H26N2O3/c1-3-20-7-4-9-23-10-8-21(19(20)23)15-6-5-13(24)11-16(15)22-17(21)14(12-20)18(25)26-2/h5-6,11,19,22,24H,3-4,7-10,12H2,1-2H3. The molecule has 26 heavy (non-hydrogen) atoms. The number of carbonyl (C=O) groups excluding carboxylic acids is 1. The van der Waals surface area contributed by atoms with E-state index >= 15 is 0 Å². The number of benzene rings is 1. The Morgan fingerprint density at radius 2 is 2.23 bits per heavy atom. The van der Waals surface area contributed by atoms with E-state index in [-0.39, 0.29) is 22.5 Å². The van der Waals surface area contributed by atoms with Crippen LogP contribution in [0.15, 0.2) is 29.5 Å². The molecule has 0 amide bonds. The molecule has 2 saturated heterocycles. The van der Waals surface area contributed by atoms with Gasteiger partial charge in [-0.1, -0.05) is 13.0 Å². The summed E-state index contributed by atoms with van der Waals surface area (Å²) in [5.41, 5.74) is 3.96. The molecular weight excluding hydrogens is 328 g/mol. The summed E-state index contributed by atoms with van der Waals surface area (Å²) in [5.74, 6) is 0.0472. The van der Waals surface area contributed by atoms with Crippen molar-refractivity contribution in [3.8, 4) is 5.75 Å². The maximum atomic E-state index is 12.7. The predicted octanol–water partition coefficient (Wildman–Crippen LogP) is 3.15. The number of ether oxygens (including phenoxy) is 1. The van der Waals surface area contributed by atoms with Crippen molar-refractivity contribution in [2.24, 2.45) is 5.41 Å². The number of esters is 1. The van der Waals surface area contributed by atoms with E-state index < -0.39 is 0 Å². The molecule has 0 radical (unpaired) electrons. The largest absolute Gasteiger partial charge is 0.508 e. The van der Waals surface area contributed by atoms with Gasteiger partial charge in [0, 0.05) is 23.5 Å². The molecule has 0 aromatic heterocycles. The Kier molecular flexibility index (Phi) is 3.27. The number of anilines is 1. The van der Waals surface area contributed by atoms with Crippen LogP contribution in [-0.2, 0) is 14.9 Å². The van der Waals surface area contributed by atoms with Crippen LogP contribution in [0.5, 0.6) is 5.75 Å². The van der Waals surface area contributed by atoms with Crippen molar-refractivity contribution >= 4 is 11.7 Å². The molecule has 2 N–H and O–H groups in total. The summed E-state index contributed by atoms with van der Waals surface area (Å²) in [4.78, 5) is 15.4. The molecule has 3 aliphatic heterocycles. The quantitative estimate of drug-likeness (QED) is 0.799. The zero-order valence-corrected chi connectivity index (χ0v) is 15.5. The van der Waals surface area contributed by atoms with Crippen molar-refractivity contribution in [3.05, 3.63) is 35.0 Å². The number of phenols is 1. The summed E-state index contributed by atoms with van der Waals surface area (Å²) in [5, 5.41) is 13.5. The summed E-state index contributed by atoms with van der Waals surface area (Å²) in [7, 11) is 1.48. The van der Waals surface area contributed by atoms with E-state index in [4.69, 9.17) is 4.74 Å². The summed E-state index contributed by atoms with van der Waals surface area (Å²) >= 11 is 0. The number of piperidine rings is 1. The predicted molar refractivity (Wildman–Crippen MR) is 99.0 cm³/mol. The molecule has 4 aliphatic rings. The van der Waals surface area contributed by atoms with Crippen LogP contribution < -0.4 is 5.32 Å². The Labute approximate surface area is 154 Å². The number of phenolic OH excluding ortho intramolecular Hbond substituents is 1. The Balaban J connectivity index is 1.81. The highest BCUT2D eigenvalue weighted by Crippen LogP contribution is 2.65. The molecular formula is C21H26N2O3. The number of nitrogens with zero attached hydrogens (tertiary/aromatic N) is 1. The highest BCUT2D eigenvalue weighted by atomic mass is 16.5. The topological polar surface area (TPSA) is 61.8 Å². The number of nitrogens with one attached hydrogen (secondary N) is 1. The first-order valence-corrected chi connectivity index (χ1v) is 9.72. The maximum absolute atomic E-state index is 12.7. The number of methoxy groups -OCH3 is 1. The van der Waals surface area contributed by atoms with Crippen LogP contribution in [0.2, 0.25) is 0 Å². The van der Waals surface area contributed by atoms with Crippen molar-refractivity contribution in [3.63, 3.8) is 0 Å². The lowest BCUT2D eigenvalue weighted by molar-refractivity contribution is -0.137. The second-order valence-electron chi connectivity index (χ2n) is 8.36. The minimum Gasteiger partial charge on any atom is -0.508 e. The van der Waals surface area contributed by atoms with Gasteiger partial charge in [-0.2, -0.15) is 0 Å². The van der Waals surface area contributed by atoms with Crippen LogP contribution in [0.4, 0.5) is 5.69 Å². The lowest BCUT2D eigenvalue weighted by Crippen LogP contribution is -2.59. The van der Waals surface area contributed by atoms with Crippen LogP contribution in [0.3, 0.4) is 0 Å². The van der Waals surface area contributed by atoms with E-state index in [2.05, 4.69) is 23.2 Å². The molecule has 3 atom stereocenters. The summed E-state index contributed by atoms with van der Waals surface area (Å²) in [6, 6.07) is 6.05. The van der Waals surface area contributed by atoms with Gasteiger partial charge in [-0.15, -0.1) is 0 Å². The monoisotopic (exact) mass is 354 g/mol. The molecule has 1 aromatic rings. The minimum atomic E-state index is -0.209. The first-order chi connectivity index (χ1) is 12.6. The minimum absolute atomic E-state index is 0.114. The highest BCUT2D eigenvalue weighted by Gasteiger charge is 2.66. The molecule has 0 bridgehead atoms. The average molecular weight is 354 g/mol. The van der Waals surface area contributed by atoms with Gasteiger partial charge in [0.25, 0.3) is 0 Å². The molecule has 1 aromatic carbocycles. The van der Waals surface area contributed by atoms with Crippen molar-refractivity contribution < 1.29 is 14.6 Å². The van der Waals surface area contributed by atoms with E-state index in [1.807, 2.05) is 0 Å². The van der Waals surface area contributed by atoms with E-state index in [1.165, 1.54) is 19.1 Å². The van der Waals surface area contributed by atoms with Gasteiger partial charge in [0.2, 0.25) is 0 Å². The van der Waals surface area contributed by atoms with Gasteiger partial charge >= 0.3 is 5.97 Å². The highest BCUT2D eigenvalue weighted by molar-refractivity contribution is 5.93. The van der Waals surface area contributed by atoms with Crippen molar-refractivity contribution in [1.82, 2.24) is 4.90 Å². The molecule has 3 heterocycles. The molecule has 0 saturated carbocycles. The fourth-order valence-electron chi connectivity index (χ4n) is 6.53. The normalized spacial score (nSPS) is 34.8. The molecule has 1 aliphatic carbocycles. The number of hydrogen-bond acceptors (Lipinski definition) is 5. The third-order valence-corrected chi connectivity index (χ3v) is 7.48. The number of hydrogen-bond donors (Lipinski definition) is 2. The molecule has 5 heteroatoms. The van der Waals surface area contributed by atoms with Crippen LogP contribution in [0.25, 0.3) is 0 Å². The smallest absolute Gasteiger partial charge is 0.335 e. The van der Waals surface area contributed by atoms with E-state index in [9.17, 15) is 9.90 Å². The zero-order valence-electron chi connectivity index (χ0n) is 15.5. The third-order valence-electron chi connectivity index (χ3n) is 7.48. The average Bonchev–Trinajstić information content (AvgIpc) is 3.20. The van der Waals surface area contributed by atoms with Crippen molar-refractivity contribution in [2.75, 3.05) is 25.5 Å². The van der Waals surface area contributed by atoms with Crippen LogP contribution in [-0.4, -0.2) is 42.2 Å². The molecule has 2 fully saturated rings. The van der Waals surface area contributed by atoms with Gasteiger partial charge in [0.15, 0.2) is 0 Å². The van der Waals surface area contributed by atoms with Crippen LogP contribution >= 0.6 is 0 Å². The van der Waals surface area contributed by atoms with Crippen LogP contribution in [0.1, 0.15) is 44.6 Å². The third kappa shape index (κ3) is 1.77. The first-order valence-electron chi connectivity index (χ1n) is 9.72. The molecule has 3 unspecified atom stereocenters. The Bertz CT molecular complexity index is 833. The lowest BCUT2D eigenvalue weighted by Gasteiger charge is -2.56. The Hall–Kier alpha value is -2.01. The number of aromatic hydroxyl groups is 1. The van der Waals surface area contributed by atoms with Crippen molar-refractivity contribution in [1.29, 1.82) is 0 Å². The molecule has 5 rings (SSSR count). The van der Waals surface area contributed by atoms with Gasteiger partial charge in [-0.05, 0) is 62.2 Å². The van der Waals surface area contributed by atoms with E-state index in [0.29, 0.717) is 6.04 Å². The number of fused-ring (bicyclic) bond motifs is 1.